The molecule has 1 N–H and O–H groups in total. The number of hydrogen-bond donors (Lipinski definition) is 1. The molecule has 204 valence electrons. The first-order chi connectivity index (χ1) is 19.2. The zero-order valence-corrected chi connectivity index (χ0v) is 21.7. The van der Waals surface area contributed by atoms with Crippen molar-refractivity contribution >= 4 is 34.9 Å². The molecular formula is C27H21ClF3N7O2. The molecule has 6 rings (SSSR count). The number of rotatable bonds is 7. The summed E-state index contributed by atoms with van der Waals surface area (Å²) in [5.41, 5.74) is -0.411. The molecule has 2 aliphatic rings. The van der Waals surface area contributed by atoms with E-state index < -0.39 is 29.3 Å². The van der Waals surface area contributed by atoms with Gasteiger partial charge in [0.2, 0.25) is 5.91 Å². The van der Waals surface area contributed by atoms with Crippen molar-refractivity contribution in [2.45, 2.75) is 25.8 Å². The molecule has 2 fully saturated rings. The lowest BCUT2D eigenvalue weighted by atomic mass is 10.0. The number of amides is 2. The highest BCUT2D eigenvalue weighted by atomic mass is 35.5. The molecule has 40 heavy (non-hydrogen) atoms. The maximum atomic E-state index is 14.7. The topological polar surface area (TPSA) is 106 Å². The number of halogens is 4. The van der Waals surface area contributed by atoms with Gasteiger partial charge < -0.3 is 5.32 Å². The summed E-state index contributed by atoms with van der Waals surface area (Å²) in [7, 11) is 0. The van der Waals surface area contributed by atoms with Crippen molar-refractivity contribution in [1.82, 2.24) is 24.7 Å². The SMILES string of the molecule is CC(c1ccc(N2CC3CC3C2=O)nc1)n1cc(NC(=O)c2cncc(-c3c(C(F)F)ccc(Cl)c3F)n2)cn1. The fraction of sp³-hybridized carbons (Fsp3) is 0.259. The molecule has 0 spiro atoms. The molecule has 0 bridgehead atoms. The van der Waals surface area contributed by atoms with Gasteiger partial charge in [0.25, 0.3) is 12.3 Å². The third kappa shape index (κ3) is 4.68. The van der Waals surface area contributed by atoms with Gasteiger partial charge in [-0.15, -0.1) is 0 Å². The van der Waals surface area contributed by atoms with Gasteiger partial charge in [0.1, 0.15) is 11.5 Å². The van der Waals surface area contributed by atoms with E-state index in [-0.39, 0.29) is 34.3 Å². The van der Waals surface area contributed by atoms with Crippen LogP contribution in [-0.4, -0.2) is 43.1 Å². The number of fused-ring (bicyclic) bond motifs is 1. The number of aromatic nitrogens is 5. The lowest BCUT2D eigenvalue weighted by Crippen LogP contribution is -2.28. The summed E-state index contributed by atoms with van der Waals surface area (Å²) in [5, 5.41) is 6.59. The third-order valence-corrected chi connectivity index (χ3v) is 7.49. The van der Waals surface area contributed by atoms with E-state index in [1.165, 1.54) is 6.20 Å². The summed E-state index contributed by atoms with van der Waals surface area (Å²) in [6.45, 7) is 2.61. The third-order valence-electron chi connectivity index (χ3n) is 7.19. The molecule has 4 aromatic rings. The Hall–Kier alpha value is -4.32. The number of nitrogens with zero attached hydrogens (tertiary/aromatic N) is 6. The Morgan fingerprint density at radius 1 is 1.15 bits per heavy atom. The minimum absolute atomic E-state index is 0.133. The van der Waals surface area contributed by atoms with Gasteiger partial charge in [-0.2, -0.15) is 5.10 Å². The number of piperidine rings is 1. The van der Waals surface area contributed by atoms with Crippen molar-refractivity contribution in [3.05, 3.63) is 82.9 Å². The van der Waals surface area contributed by atoms with Crippen LogP contribution in [0.25, 0.3) is 11.3 Å². The van der Waals surface area contributed by atoms with E-state index in [0.717, 1.165) is 36.5 Å². The molecule has 1 saturated carbocycles. The van der Waals surface area contributed by atoms with Crippen molar-refractivity contribution in [2.75, 3.05) is 16.8 Å². The smallest absolute Gasteiger partial charge is 0.275 e. The van der Waals surface area contributed by atoms with Gasteiger partial charge in [-0.25, -0.2) is 23.1 Å². The number of carbonyl (C=O) groups excluding carboxylic acids is 2. The normalized spacial score (nSPS) is 18.6. The summed E-state index contributed by atoms with van der Waals surface area (Å²) in [5.74, 6) is -0.405. The first kappa shape index (κ1) is 25.9. The fourth-order valence-electron chi connectivity index (χ4n) is 4.85. The van der Waals surface area contributed by atoms with Crippen LogP contribution < -0.4 is 10.2 Å². The van der Waals surface area contributed by atoms with Crippen LogP contribution in [0.4, 0.5) is 24.7 Å². The van der Waals surface area contributed by atoms with Gasteiger partial charge >= 0.3 is 0 Å². The number of benzene rings is 1. The lowest BCUT2D eigenvalue weighted by molar-refractivity contribution is -0.118. The fourth-order valence-corrected chi connectivity index (χ4v) is 5.01. The number of anilines is 2. The molecule has 3 unspecified atom stereocenters. The highest BCUT2D eigenvalue weighted by Crippen LogP contribution is 2.47. The largest absolute Gasteiger partial charge is 0.318 e. The molecule has 13 heteroatoms. The highest BCUT2D eigenvalue weighted by Gasteiger charge is 2.52. The number of hydrogen-bond acceptors (Lipinski definition) is 6. The Bertz CT molecular complexity index is 1630. The minimum Gasteiger partial charge on any atom is -0.318 e. The first-order valence-electron chi connectivity index (χ1n) is 12.4. The average molecular weight is 568 g/mol. The van der Waals surface area contributed by atoms with E-state index in [1.54, 1.807) is 22.0 Å². The minimum atomic E-state index is -2.99. The van der Waals surface area contributed by atoms with E-state index in [9.17, 15) is 22.8 Å². The Labute approximate surface area is 231 Å². The molecule has 3 atom stereocenters. The zero-order valence-electron chi connectivity index (χ0n) is 20.9. The van der Waals surface area contributed by atoms with Crippen LogP contribution in [0.15, 0.2) is 55.2 Å². The molecule has 1 aromatic carbocycles. The van der Waals surface area contributed by atoms with Crippen molar-refractivity contribution in [3.8, 4) is 11.3 Å². The van der Waals surface area contributed by atoms with E-state index >= 15 is 0 Å². The van der Waals surface area contributed by atoms with Crippen LogP contribution >= 0.6 is 11.6 Å². The molecular weight excluding hydrogens is 547 g/mol. The van der Waals surface area contributed by atoms with E-state index in [2.05, 4.69) is 25.4 Å². The van der Waals surface area contributed by atoms with Crippen molar-refractivity contribution in [2.24, 2.45) is 11.8 Å². The zero-order chi connectivity index (χ0) is 28.1. The van der Waals surface area contributed by atoms with Crippen LogP contribution in [0.3, 0.4) is 0 Å². The number of pyridine rings is 1. The molecule has 1 aliphatic heterocycles. The van der Waals surface area contributed by atoms with Crippen LogP contribution in [0, 0.1) is 17.7 Å². The van der Waals surface area contributed by atoms with Gasteiger partial charge in [0, 0.05) is 36.0 Å². The molecule has 9 nitrogen and oxygen atoms in total. The lowest BCUT2D eigenvalue weighted by Gasteiger charge is -2.18. The standard InChI is InChI=1S/C27H21ClF3N7O2/c1-13(14-2-5-22(33-7-14)37-11-15-6-18(15)27(37)40)38-12-16(8-34-38)35-26(39)21-10-32-9-20(36-21)23-17(25(30)31)3-4-19(28)24(23)29/h2-5,7-10,12-13,15,18,25H,6,11H2,1H3,(H,35,39). The van der Waals surface area contributed by atoms with Gasteiger partial charge in [-0.1, -0.05) is 23.7 Å². The van der Waals surface area contributed by atoms with Crippen LogP contribution in [0.2, 0.25) is 5.02 Å². The summed E-state index contributed by atoms with van der Waals surface area (Å²) in [6, 6.07) is 5.50. The number of alkyl halides is 2. The van der Waals surface area contributed by atoms with Crippen LogP contribution in [0.1, 0.15) is 47.4 Å². The van der Waals surface area contributed by atoms with E-state index in [4.69, 9.17) is 11.6 Å². The quantitative estimate of drug-likeness (QED) is 0.324. The van der Waals surface area contributed by atoms with Crippen molar-refractivity contribution < 1.29 is 22.8 Å². The molecule has 0 radical (unpaired) electrons. The monoisotopic (exact) mass is 567 g/mol. The summed E-state index contributed by atoms with van der Waals surface area (Å²) >= 11 is 5.80. The van der Waals surface area contributed by atoms with Gasteiger partial charge in [-0.3, -0.25) is 24.2 Å². The number of carbonyl (C=O) groups is 2. The Balaban J connectivity index is 1.16. The molecule has 4 heterocycles. The van der Waals surface area contributed by atoms with Gasteiger partial charge in [0.05, 0.1) is 41.0 Å². The second-order valence-electron chi connectivity index (χ2n) is 9.76. The second kappa shape index (κ2) is 10.0. The predicted molar refractivity (Wildman–Crippen MR) is 140 cm³/mol. The predicted octanol–water partition coefficient (Wildman–Crippen LogP) is 5.31. The maximum absolute atomic E-state index is 14.7. The van der Waals surface area contributed by atoms with E-state index in [0.29, 0.717) is 24.0 Å². The Morgan fingerprint density at radius 2 is 1.98 bits per heavy atom. The second-order valence-corrected chi connectivity index (χ2v) is 10.2. The first-order valence-corrected chi connectivity index (χ1v) is 12.8. The van der Waals surface area contributed by atoms with Crippen molar-refractivity contribution in [3.63, 3.8) is 0 Å². The maximum Gasteiger partial charge on any atom is 0.275 e. The van der Waals surface area contributed by atoms with Gasteiger partial charge in [0.15, 0.2) is 5.82 Å². The van der Waals surface area contributed by atoms with E-state index in [1.807, 2.05) is 19.1 Å². The molecule has 3 aromatic heterocycles. The van der Waals surface area contributed by atoms with Crippen LogP contribution in [0.5, 0.6) is 0 Å². The highest BCUT2D eigenvalue weighted by molar-refractivity contribution is 6.31. The summed E-state index contributed by atoms with van der Waals surface area (Å²) in [6.07, 6.45) is 4.94. The summed E-state index contributed by atoms with van der Waals surface area (Å²) < 4.78 is 43.3. The summed E-state index contributed by atoms with van der Waals surface area (Å²) in [4.78, 5) is 39.3. The Kier molecular flexibility index (Phi) is 6.49. The molecule has 1 aliphatic carbocycles. The Morgan fingerprint density at radius 3 is 2.67 bits per heavy atom. The van der Waals surface area contributed by atoms with Crippen molar-refractivity contribution in [1.29, 1.82) is 0 Å². The van der Waals surface area contributed by atoms with Gasteiger partial charge in [-0.05, 0) is 37.0 Å². The number of nitrogens with one attached hydrogen (secondary N) is 1. The molecule has 2 amide bonds. The average Bonchev–Trinajstić information content (AvgIpc) is 3.45. The van der Waals surface area contributed by atoms with Crippen LogP contribution in [-0.2, 0) is 4.79 Å². The molecule has 1 saturated heterocycles.